The molecule has 1 fully saturated rings. The number of benzene rings is 1. The van der Waals surface area contributed by atoms with Gasteiger partial charge in [-0.1, -0.05) is 11.3 Å². The van der Waals surface area contributed by atoms with Crippen LogP contribution >= 0.6 is 11.3 Å². The lowest BCUT2D eigenvalue weighted by Gasteiger charge is -2.27. The topological polar surface area (TPSA) is 84.4 Å². The van der Waals surface area contributed by atoms with Gasteiger partial charge in [0.25, 0.3) is 5.91 Å². The molecule has 0 spiro atoms. The summed E-state index contributed by atoms with van der Waals surface area (Å²) >= 11 is 0.941. The van der Waals surface area contributed by atoms with E-state index in [9.17, 15) is 31.5 Å². The number of ether oxygens (including phenoxy) is 1. The molecule has 35 heavy (non-hydrogen) atoms. The number of carbonyl (C=O) groups is 2. The molecule has 0 aliphatic carbocycles. The number of imide groups is 1. The highest BCUT2D eigenvalue weighted by Gasteiger charge is 2.32. The maximum Gasteiger partial charge on any atom is 0.417 e. The number of thiazole rings is 1. The molecular weight excluding hydrogens is 495 g/mol. The van der Waals surface area contributed by atoms with Gasteiger partial charge in [-0.2, -0.15) is 13.2 Å². The van der Waals surface area contributed by atoms with Gasteiger partial charge < -0.3 is 9.64 Å². The minimum atomic E-state index is -4.58. The maximum absolute atomic E-state index is 14.9. The summed E-state index contributed by atoms with van der Waals surface area (Å²) in [5.74, 6) is -5.23. The number of likely N-dealkylation sites (tertiary alicyclic amines) is 1. The van der Waals surface area contributed by atoms with E-state index < -0.39 is 52.4 Å². The van der Waals surface area contributed by atoms with Crippen LogP contribution in [0.2, 0.25) is 0 Å². The molecular formula is C22H19F5N4O3S. The number of pyridine rings is 1. The summed E-state index contributed by atoms with van der Waals surface area (Å²) in [6.45, 7) is 0.967. The van der Waals surface area contributed by atoms with Crippen molar-refractivity contribution in [1.82, 2.24) is 20.2 Å². The lowest BCUT2D eigenvalue weighted by Crippen LogP contribution is -2.41. The van der Waals surface area contributed by atoms with Crippen molar-refractivity contribution in [1.29, 1.82) is 0 Å². The van der Waals surface area contributed by atoms with Gasteiger partial charge in [-0.25, -0.2) is 18.7 Å². The van der Waals surface area contributed by atoms with Crippen molar-refractivity contribution in [2.75, 3.05) is 20.1 Å². The van der Waals surface area contributed by atoms with Gasteiger partial charge >= 0.3 is 6.18 Å². The first kappa shape index (κ1) is 24.9. The minimum absolute atomic E-state index is 0.00418. The van der Waals surface area contributed by atoms with Gasteiger partial charge in [0.05, 0.1) is 5.56 Å². The molecule has 1 aliphatic rings. The highest BCUT2D eigenvalue weighted by molar-refractivity contribution is 7.18. The van der Waals surface area contributed by atoms with E-state index in [2.05, 4.69) is 15.3 Å². The van der Waals surface area contributed by atoms with Gasteiger partial charge in [0, 0.05) is 12.1 Å². The Balaban J connectivity index is 1.47. The second-order valence-electron chi connectivity index (χ2n) is 8.07. The van der Waals surface area contributed by atoms with Gasteiger partial charge in [0.2, 0.25) is 5.91 Å². The van der Waals surface area contributed by atoms with E-state index in [-0.39, 0.29) is 22.0 Å². The van der Waals surface area contributed by atoms with E-state index in [1.807, 2.05) is 11.9 Å². The number of rotatable bonds is 5. The number of halogens is 5. The van der Waals surface area contributed by atoms with E-state index in [0.29, 0.717) is 32.1 Å². The summed E-state index contributed by atoms with van der Waals surface area (Å²) in [4.78, 5) is 34.8. The van der Waals surface area contributed by atoms with Crippen molar-refractivity contribution in [2.45, 2.75) is 25.6 Å². The number of amides is 2. The van der Waals surface area contributed by atoms with Crippen molar-refractivity contribution in [3.63, 3.8) is 0 Å². The fourth-order valence-electron chi connectivity index (χ4n) is 3.62. The van der Waals surface area contributed by atoms with E-state index >= 15 is 0 Å². The number of aromatic nitrogens is 2. The van der Waals surface area contributed by atoms with Crippen molar-refractivity contribution >= 4 is 33.5 Å². The third-order valence-corrected chi connectivity index (χ3v) is 6.53. The fourth-order valence-corrected chi connectivity index (χ4v) is 4.42. The van der Waals surface area contributed by atoms with E-state index in [1.165, 1.54) is 0 Å². The molecule has 2 aromatic heterocycles. The van der Waals surface area contributed by atoms with Gasteiger partial charge in [0.1, 0.15) is 33.3 Å². The summed E-state index contributed by atoms with van der Waals surface area (Å²) in [6, 6.07) is 2.63. The third-order valence-electron chi connectivity index (χ3n) is 5.58. The molecule has 2 amide bonds. The molecule has 0 saturated carbocycles. The molecule has 13 heteroatoms. The number of nitrogens with zero attached hydrogens (tertiary/aromatic N) is 3. The molecule has 3 heterocycles. The third kappa shape index (κ3) is 5.56. The highest BCUT2D eigenvalue weighted by Crippen LogP contribution is 2.32. The number of fused-ring (bicyclic) bond motifs is 1. The summed E-state index contributed by atoms with van der Waals surface area (Å²) < 4.78 is 73.1. The van der Waals surface area contributed by atoms with Crippen molar-refractivity contribution in [3.05, 3.63) is 52.2 Å². The Bertz CT molecular complexity index is 1270. The van der Waals surface area contributed by atoms with Crippen LogP contribution < -0.4 is 10.1 Å². The molecule has 1 N–H and O–H groups in total. The van der Waals surface area contributed by atoms with Gasteiger partial charge in [-0.05, 0) is 51.2 Å². The zero-order chi connectivity index (χ0) is 25.3. The molecule has 0 atom stereocenters. The molecule has 186 valence electrons. The Morgan fingerprint density at radius 2 is 1.94 bits per heavy atom. The molecule has 1 aromatic carbocycles. The number of carbonyl (C=O) groups excluding carboxylic acids is 2. The Morgan fingerprint density at radius 1 is 1.23 bits per heavy atom. The van der Waals surface area contributed by atoms with E-state index in [0.717, 1.165) is 29.5 Å². The lowest BCUT2D eigenvalue weighted by molar-refractivity contribution is -0.137. The van der Waals surface area contributed by atoms with Crippen LogP contribution in [0.3, 0.4) is 0 Å². The van der Waals surface area contributed by atoms with Crippen molar-refractivity contribution < 1.29 is 36.3 Å². The Hall–Kier alpha value is -3.19. The normalized spacial score (nSPS) is 15.4. The van der Waals surface area contributed by atoms with Crippen LogP contribution in [0.25, 0.3) is 10.3 Å². The van der Waals surface area contributed by atoms with Crippen LogP contribution in [0.15, 0.2) is 24.4 Å². The van der Waals surface area contributed by atoms with Crippen LogP contribution in [0.4, 0.5) is 22.0 Å². The zero-order valence-corrected chi connectivity index (χ0v) is 19.1. The smallest absolute Gasteiger partial charge is 0.417 e. The molecule has 7 nitrogen and oxygen atoms in total. The van der Waals surface area contributed by atoms with Crippen LogP contribution in [-0.2, 0) is 17.6 Å². The standard InChI is InChI=1S/C22H19F5N4O3S/c1-31-6-4-11(5-7-31)19(32)30-20(33)17-13(23)2-3-15(18(17)24)34-10-16-29-14-8-12(22(25,26)27)9-28-21(14)35-16/h2-3,8-9,11H,4-7,10H2,1H3,(H,30,32,33). The SMILES string of the molecule is CN1CCC(C(=O)NC(=O)c2c(F)ccc(OCc3nc4cc(C(F)(F)F)cnc4s3)c2F)CC1. The van der Waals surface area contributed by atoms with Crippen LogP contribution in [-0.4, -0.2) is 46.8 Å². The van der Waals surface area contributed by atoms with Crippen molar-refractivity contribution in [3.8, 4) is 5.75 Å². The first-order chi connectivity index (χ1) is 16.5. The molecule has 1 aliphatic heterocycles. The molecule has 0 radical (unpaired) electrons. The lowest BCUT2D eigenvalue weighted by atomic mass is 9.96. The number of alkyl halides is 3. The van der Waals surface area contributed by atoms with E-state index in [1.54, 1.807) is 0 Å². The largest absolute Gasteiger partial charge is 0.483 e. The number of piperidine rings is 1. The first-order valence-electron chi connectivity index (χ1n) is 10.5. The first-order valence-corrected chi connectivity index (χ1v) is 11.3. The number of nitrogens with one attached hydrogen (secondary N) is 1. The summed E-state index contributed by atoms with van der Waals surface area (Å²) in [5.41, 5.74) is -1.93. The molecule has 3 aromatic rings. The molecule has 4 rings (SSSR count). The van der Waals surface area contributed by atoms with Crippen LogP contribution in [0, 0.1) is 17.6 Å². The quantitative estimate of drug-likeness (QED) is 0.407. The highest BCUT2D eigenvalue weighted by atomic mass is 32.1. The number of hydrogen-bond acceptors (Lipinski definition) is 7. The summed E-state index contributed by atoms with van der Waals surface area (Å²) in [6.07, 6.45) is -2.86. The van der Waals surface area contributed by atoms with E-state index in [4.69, 9.17) is 4.74 Å². The monoisotopic (exact) mass is 514 g/mol. The van der Waals surface area contributed by atoms with Crippen molar-refractivity contribution in [2.24, 2.45) is 5.92 Å². The Kier molecular flexibility index (Phi) is 6.99. The average Bonchev–Trinajstić information content (AvgIpc) is 3.20. The Labute approximate surface area is 199 Å². The van der Waals surface area contributed by atoms with Gasteiger partial charge in [-0.15, -0.1) is 0 Å². The van der Waals surface area contributed by atoms with Crippen LogP contribution in [0.1, 0.15) is 33.8 Å². The predicted molar refractivity (Wildman–Crippen MR) is 116 cm³/mol. The maximum atomic E-state index is 14.9. The molecule has 0 unspecified atom stereocenters. The predicted octanol–water partition coefficient (Wildman–Crippen LogP) is 4.17. The Morgan fingerprint density at radius 3 is 2.63 bits per heavy atom. The van der Waals surface area contributed by atoms with Gasteiger partial charge in [0.15, 0.2) is 11.6 Å². The summed E-state index contributed by atoms with van der Waals surface area (Å²) in [5, 5.41) is 2.25. The molecule has 0 bridgehead atoms. The average molecular weight is 514 g/mol. The minimum Gasteiger partial charge on any atom is -0.483 e. The fraction of sp³-hybridized carbons (Fsp3) is 0.364. The zero-order valence-electron chi connectivity index (χ0n) is 18.3. The second kappa shape index (κ2) is 9.82. The van der Waals surface area contributed by atoms with Crippen LogP contribution in [0.5, 0.6) is 5.75 Å². The summed E-state index contributed by atoms with van der Waals surface area (Å²) in [7, 11) is 1.90. The molecule has 1 saturated heterocycles. The number of hydrogen-bond donors (Lipinski definition) is 1. The van der Waals surface area contributed by atoms with Gasteiger partial charge in [-0.3, -0.25) is 14.9 Å². The second-order valence-corrected chi connectivity index (χ2v) is 9.13.